The van der Waals surface area contributed by atoms with Gasteiger partial charge in [0.05, 0.1) is 22.1 Å². The van der Waals surface area contributed by atoms with Gasteiger partial charge in [0.1, 0.15) is 0 Å². The monoisotopic (exact) mass is 759 g/mol. The van der Waals surface area contributed by atoms with Crippen molar-refractivity contribution in [1.29, 1.82) is 0 Å². The molecule has 3 aromatic heterocycles. The molecule has 11 aromatic rings. The molecule has 12 rings (SSSR count). The molecule has 0 N–H and O–H groups in total. The Hall–Kier alpha value is -7.14. The van der Waals surface area contributed by atoms with E-state index in [0.717, 1.165) is 35.6 Å². The Morgan fingerprint density at radius 1 is 0.397 bits per heavy atom. The van der Waals surface area contributed by atoms with Crippen molar-refractivity contribution in [3.05, 3.63) is 211 Å². The van der Waals surface area contributed by atoms with Crippen molar-refractivity contribution in [2.75, 3.05) is 4.90 Å². The van der Waals surface area contributed by atoms with Crippen LogP contribution in [0.5, 0.6) is 0 Å². The van der Waals surface area contributed by atoms with Gasteiger partial charge in [-0.3, -0.25) is 0 Å². The molecule has 1 aliphatic rings. The number of fused-ring (bicyclic) bond motifs is 9. The second kappa shape index (κ2) is 13.2. The molecule has 1 aliphatic carbocycles. The molecule has 0 atom stereocenters. The molecule has 0 bridgehead atoms. The van der Waals surface area contributed by atoms with Crippen LogP contribution < -0.4 is 4.90 Å². The lowest BCUT2D eigenvalue weighted by Gasteiger charge is -2.30. The fourth-order valence-electron chi connectivity index (χ4n) is 9.43. The van der Waals surface area contributed by atoms with E-state index >= 15 is 0 Å². The van der Waals surface area contributed by atoms with E-state index in [1.807, 2.05) is 11.3 Å². The molecular formula is C54H37N3S. The lowest BCUT2D eigenvalue weighted by atomic mass is 9.94. The average molecular weight is 760 g/mol. The molecule has 0 saturated carbocycles. The fourth-order valence-corrected chi connectivity index (χ4v) is 10.7. The molecule has 3 nitrogen and oxygen atoms in total. The number of benzene rings is 8. The summed E-state index contributed by atoms with van der Waals surface area (Å²) in [7, 11) is 0. The van der Waals surface area contributed by atoms with Gasteiger partial charge in [-0.2, -0.15) is 0 Å². The minimum absolute atomic E-state index is 0.934. The van der Waals surface area contributed by atoms with Crippen molar-refractivity contribution in [2.45, 2.75) is 12.8 Å². The molecule has 3 heterocycles. The first-order valence-corrected chi connectivity index (χ1v) is 20.9. The van der Waals surface area contributed by atoms with Crippen LogP contribution in [0.4, 0.5) is 11.4 Å². The highest BCUT2D eigenvalue weighted by molar-refractivity contribution is 7.26. The molecule has 0 fully saturated rings. The number of aromatic nitrogens is 2. The molecule has 0 radical (unpaired) electrons. The first-order valence-electron chi connectivity index (χ1n) is 20.1. The third-order valence-corrected chi connectivity index (χ3v) is 13.2. The van der Waals surface area contributed by atoms with Crippen LogP contribution >= 0.6 is 11.3 Å². The molecule has 0 saturated heterocycles. The van der Waals surface area contributed by atoms with Crippen molar-refractivity contribution >= 4 is 92.1 Å². The highest BCUT2D eigenvalue weighted by atomic mass is 32.1. The summed E-state index contributed by atoms with van der Waals surface area (Å²) < 4.78 is 7.57. The molecule has 274 valence electrons. The van der Waals surface area contributed by atoms with Gasteiger partial charge < -0.3 is 14.0 Å². The largest absolute Gasteiger partial charge is 0.314 e. The Morgan fingerprint density at radius 3 is 1.74 bits per heavy atom. The van der Waals surface area contributed by atoms with E-state index in [-0.39, 0.29) is 0 Å². The number of allylic oxidation sites excluding steroid dienone is 4. The van der Waals surface area contributed by atoms with E-state index in [4.69, 9.17) is 0 Å². The van der Waals surface area contributed by atoms with Crippen LogP contribution in [0.1, 0.15) is 18.4 Å². The maximum absolute atomic E-state index is 2.47. The molecule has 0 aliphatic heterocycles. The minimum Gasteiger partial charge on any atom is -0.314 e. The number of anilines is 2. The number of hydrogen-bond donors (Lipinski definition) is 0. The van der Waals surface area contributed by atoms with Gasteiger partial charge in [-0.05, 0) is 109 Å². The summed E-state index contributed by atoms with van der Waals surface area (Å²) in [5.74, 6) is 0. The minimum atomic E-state index is 0.934. The molecular weight excluding hydrogens is 723 g/mol. The zero-order valence-corrected chi connectivity index (χ0v) is 32.5. The van der Waals surface area contributed by atoms with Gasteiger partial charge in [-0.25, -0.2) is 0 Å². The van der Waals surface area contributed by atoms with E-state index in [1.54, 1.807) is 0 Å². The van der Waals surface area contributed by atoms with Gasteiger partial charge in [0, 0.05) is 70.2 Å². The molecule has 0 unspecified atom stereocenters. The van der Waals surface area contributed by atoms with Crippen LogP contribution in [0.2, 0.25) is 0 Å². The lowest BCUT2D eigenvalue weighted by Crippen LogP contribution is -2.17. The van der Waals surface area contributed by atoms with Crippen LogP contribution in [0.3, 0.4) is 0 Å². The predicted octanol–water partition coefficient (Wildman–Crippen LogP) is 15.1. The van der Waals surface area contributed by atoms with Crippen molar-refractivity contribution in [3.8, 4) is 11.4 Å². The van der Waals surface area contributed by atoms with Crippen molar-refractivity contribution in [3.63, 3.8) is 0 Å². The number of nitrogens with zero attached hydrogens (tertiary/aromatic N) is 3. The van der Waals surface area contributed by atoms with E-state index in [0.29, 0.717) is 0 Å². The number of para-hydroxylation sites is 4. The molecule has 8 aromatic carbocycles. The van der Waals surface area contributed by atoms with Gasteiger partial charge in [0.2, 0.25) is 0 Å². The summed E-state index contributed by atoms with van der Waals surface area (Å²) in [6.07, 6.45) is 6.63. The van der Waals surface area contributed by atoms with E-state index in [9.17, 15) is 0 Å². The van der Waals surface area contributed by atoms with Crippen molar-refractivity contribution < 1.29 is 0 Å². The van der Waals surface area contributed by atoms with Crippen molar-refractivity contribution in [1.82, 2.24) is 9.13 Å². The van der Waals surface area contributed by atoms with Crippen LogP contribution in [0.15, 0.2) is 206 Å². The maximum Gasteiger partial charge on any atom is 0.0542 e. The second-order valence-corrected chi connectivity index (χ2v) is 16.3. The lowest BCUT2D eigenvalue weighted by molar-refractivity contribution is 0.931. The van der Waals surface area contributed by atoms with Crippen molar-refractivity contribution in [2.24, 2.45) is 0 Å². The fraction of sp³-hybridized carbons (Fsp3) is 0.0370. The van der Waals surface area contributed by atoms with Gasteiger partial charge in [-0.1, -0.05) is 115 Å². The Morgan fingerprint density at radius 2 is 1.00 bits per heavy atom. The van der Waals surface area contributed by atoms with E-state index in [2.05, 4.69) is 214 Å². The van der Waals surface area contributed by atoms with Gasteiger partial charge in [0.25, 0.3) is 0 Å². The summed E-state index contributed by atoms with van der Waals surface area (Å²) >= 11 is 1.91. The first-order chi connectivity index (χ1) is 28.8. The number of hydrogen-bond acceptors (Lipinski definition) is 2. The van der Waals surface area contributed by atoms with Gasteiger partial charge in [-0.15, -0.1) is 11.3 Å². The first kappa shape index (κ1) is 33.0. The van der Waals surface area contributed by atoms with Gasteiger partial charge >= 0.3 is 0 Å². The van der Waals surface area contributed by atoms with E-state index in [1.165, 1.54) is 80.6 Å². The molecule has 0 spiro atoms. The highest BCUT2D eigenvalue weighted by Crippen LogP contribution is 2.44. The van der Waals surface area contributed by atoms with E-state index < -0.39 is 0 Å². The van der Waals surface area contributed by atoms with Crippen LogP contribution in [-0.4, -0.2) is 9.13 Å². The summed E-state index contributed by atoms with van der Waals surface area (Å²) in [6.45, 7) is 0. The summed E-state index contributed by atoms with van der Waals surface area (Å²) in [4.78, 5) is 2.47. The third kappa shape index (κ3) is 5.12. The second-order valence-electron chi connectivity index (χ2n) is 15.2. The standard InChI is InChI=1S/C54H37N3S/c1-3-14-37(15-4-1)55(39-28-26-36(27-29-39)42-21-13-22-46-45-20-9-12-25-53(45)58-54(42)46)40-30-32-51-47(34-40)48-35-41(31-33-52(48)56(51)38-16-5-2-6-17-38)57-49-23-10-7-18-43(49)44-19-8-11-24-50(44)57/h1-26,28,30-35H,27,29H2. The zero-order chi connectivity index (χ0) is 38.2. The maximum atomic E-state index is 2.47. The summed E-state index contributed by atoms with van der Waals surface area (Å²) in [5.41, 5.74) is 13.5. The average Bonchev–Trinajstić information content (AvgIpc) is 3.95. The van der Waals surface area contributed by atoms with Crippen LogP contribution in [-0.2, 0) is 0 Å². The van der Waals surface area contributed by atoms with Gasteiger partial charge in [0.15, 0.2) is 0 Å². The van der Waals surface area contributed by atoms with Crippen LogP contribution in [0, 0.1) is 0 Å². The number of rotatable bonds is 6. The van der Waals surface area contributed by atoms with Crippen LogP contribution in [0.25, 0.3) is 80.7 Å². The Bertz CT molecular complexity index is 3400. The topological polar surface area (TPSA) is 13.1 Å². The molecule has 0 amide bonds. The Kier molecular flexibility index (Phi) is 7.54. The predicted molar refractivity (Wildman–Crippen MR) is 248 cm³/mol. The zero-order valence-electron chi connectivity index (χ0n) is 31.7. The summed E-state index contributed by atoms with van der Waals surface area (Å²) in [5, 5.41) is 7.68. The molecule has 4 heteroatoms. The Balaban J connectivity index is 1.04. The quantitative estimate of drug-likeness (QED) is 0.165. The number of thiophene rings is 1. The smallest absolute Gasteiger partial charge is 0.0542 e. The Labute approximate surface area is 340 Å². The molecule has 58 heavy (non-hydrogen) atoms. The SMILES string of the molecule is C1=C(c2cccc3c2sc2ccccc23)CCC(N(c2ccccc2)c2ccc3c(c2)c2cc(-n4c5ccccc5c5ccccc54)ccc2n3-c2ccccc2)=C1. The summed E-state index contributed by atoms with van der Waals surface area (Å²) in [6, 6.07) is 68.8. The normalized spacial score (nSPS) is 13.2. The highest BCUT2D eigenvalue weighted by Gasteiger charge is 2.22. The third-order valence-electron chi connectivity index (χ3n) is 12.0.